The normalized spacial score (nSPS) is 11.2. The van der Waals surface area contributed by atoms with Crippen molar-refractivity contribution >= 4 is 21.8 Å². The summed E-state index contributed by atoms with van der Waals surface area (Å²) in [6, 6.07) is 12.9. The van der Waals surface area contributed by atoms with Crippen LogP contribution in [-0.4, -0.2) is 39.4 Å². The molecule has 3 N–H and O–H groups in total. The quantitative estimate of drug-likeness (QED) is 0.529. The maximum Gasteiger partial charge on any atom is 0.255 e. The summed E-state index contributed by atoms with van der Waals surface area (Å²) in [5.41, 5.74) is 0.978. The van der Waals surface area contributed by atoms with Crippen LogP contribution in [0.2, 0.25) is 0 Å². The van der Waals surface area contributed by atoms with E-state index in [1.807, 2.05) is 6.92 Å². The SMILES string of the molecule is CCOc1ccccc1C(=O)NCC(=O)NCc1cccc(S(=O)(=O)NC(C)C)c1. The van der Waals surface area contributed by atoms with Crippen LogP contribution in [0.4, 0.5) is 0 Å². The lowest BCUT2D eigenvalue weighted by atomic mass is 10.2. The second kappa shape index (κ2) is 10.7. The van der Waals surface area contributed by atoms with Gasteiger partial charge < -0.3 is 15.4 Å². The molecule has 0 bridgehead atoms. The Hall–Kier alpha value is -2.91. The van der Waals surface area contributed by atoms with Gasteiger partial charge in [0.25, 0.3) is 5.91 Å². The van der Waals surface area contributed by atoms with Gasteiger partial charge in [0.15, 0.2) is 0 Å². The number of ether oxygens (including phenoxy) is 1. The summed E-state index contributed by atoms with van der Waals surface area (Å²) in [5.74, 6) is -0.362. The number of para-hydroxylation sites is 1. The third-order valence-electron chi connectivity index (χ3n) is 3.93. The summed E-state index contributed by atoms with van der Waals surface area (Å²) in [4.78, 5) is 24.5. The molecule has 0 spiro atoms. The first-order chi connectivity index (χ1) is 14.2. The van der Waals surface area contributed by atoms with Crippen LogP contribution in [0.15, 0.2) is 53.4 Å². The molecule has 2 amide bonds. The lowest BCUT2D eigenvalue weighted by Crippen LogP contribution is -2.36. The van der Waals surface area contributed by atoms with Crippen LogP contribution in [0.3, 0.4) is 0 Å². The Kier molecular flexibility index (Phi) is 8.37. The summed E-state index contributed by atoms with van der Waals surface area (Å²) < 4.78 is 32.5. The van der Waals surface area contributed by atoms with Crippen LogP contribution < -0.4 is 20.1 Å². The molecule has 2 aromatic rings. The summed E-state index contributed by atoms with van der Waals surface area (Å²) in [7, 11) is -3.61. The van der Waals surface area contributed by atoms with Crippen LogP contribution in [-0.2, 0) is 21.4 Å². The van der Waals surface area contributed by atoms with Crippen molar-refractivity contribution in [2.24, 2.45) is 0 Å². The Bertz CT molecular complexity index is 990. The van der Waals surface area contributed by atoms with Crippen molar-refractivity contribution in [3.05, 3.63) is 59.7 Å². The van der Waals surface area contributed by atoms with Gasteiger partial charge in [0.05, 0.1) is 23.6 Å². The molecule has 0 radical (unpaired) electrons. The van der Waals surface area contributed by atoms with Crippen molar-refractivity contribution in [3.8, 4) is 5.75 Å². The molecule has 0 saturated carbocycles. The Balaban J connectivity index is 1.91. The van der Waals surface area contributed by atoms with Crippen molar-refractivity contribution < 1.29 is 22.7 Å². The molecule has 0 aliphatic heterocycles. The summed E-state index contributed by atoms with van der Waals surface area (Å²) >= 11 is 0. The topological polar surface area (TPSA) is 114 Å². The van der Waals surface area contributed by atoms with E-state index in [0.29, 0.717) is 23.5 Å². The Morgan fingerprint density at radius 2 is 1.77 bits per heavy atom. The molecule has 0 unspecified atom stereocenters. The largest absolute Gasteiger partial charge is 0.493 e. The lowest BCUT2D eigenvalue weighted by molar-refractivity contribution is -0.120. The standard InChI is InChI=1S/C21H27N3O5S/c1-4-29-19-11-6-5-10-18(19)21(26)23-14-20(25)22-13-16-8-7-9-17(12-16)30(27,28)24-15(2)3/h5-12,15,24H,4,13-14H2,1-3H3,(H,22,25)(H,23,26). The van der Waals surface area contributed by atoms with Gasteiger partial charge >= 0.3 is 0 Å². The molecule has 0 saturated heterocycles. The van der Waals surface area contributed by atoms with Crippen LogP contribution in [0, 0.1) is 0 Å². The maximum atomic E-state index is 12.3. The number of amides is 2. The summed E-state index contributed by atoms with van der Waals surface area (Å²) in [5, 5.41) is 5.22. The van der Waals surface area contributed by atoms with Gasteiger partial charge in [-0.15, -0.1) is 0 Å². The van der Waals surface area contributed by atoms with Gasteiger partial charge in [0.1, 0.15) is 5.75 Å². The average molecular weight is 434 g/mol. The highest BCUT2D eigenvalue weighted by atomic mass is 32.2. The highest BCUT2D eigenvalue weighted by Gasteiger charge is 2.16. The fourth-order valence-electron chi connectivity index (χ4n) is 2.66. The minimum atomic E-state index is -3.61. The fraction of sp³-hybridized carbons (Fsp3) is 0.333. The molecule has 0 atom stereocenters. The molecule has 9 heteroatoms. The van der Waals surface area contributed by atoms with E-state index in [1.54, 1.807) is 50.2 Å². The first-order valence-corrected chi connectivity index (χ1v) is 11.1. The van der Waals surface area contributed by atoms with Gasteiger partial charge in [-0.05, 0) is 50.6 Å². The smallest absolute Gasteiger partial charge is 0.255 e. The van der Waals surface area contributed by atoms with Crippen LogP contribution in [0.25, 0.3) is 0 Å². The van der Waals surface area contributed by atoms with Gasteiger partial charge in [-0.2, -0.15) is 0 Å². The first kappa shape index (κ1) is 23.4. The second-order valence-electron chi connectivity index (χ2n) is 6.81. The number of nitrogens with one attached hydrogen (secondary N) is 3. The predicted molar refractivity (Wildman–Crippen MR) is 114 cm³/mol. The van der Waals surface area contributed by atoms with Crippen molar-refractivity contribution in [2.75, 3.05) is 13.2 Å². The molecule has 0 aliphatic rings. The van der Waals surface area contributed by atoms with Crippen LogP contribution in [0.1, 0.15) is 36.7 Å². The number of hydrogen-bond donors (Lipinski definition) is 3. The van der Waals surface area contributed by atoms with E-state index in [0.717, 1.165) is 0 Å². The Morgan fingerprint density at radius 3 is 2.47 bits per heavy atom. The first-order valence-electron chi connectivity index (χ1n) is 9.61. The molecule has 0 aromatic heterocycles. The summed E-state index contributed by atoms with van der Waals surface area (Å²) in [6.45, 7) is 5.64. The zero-order valence-corrected chi connectivity index (χ0v) is 18.1. The van der Waals surface area contributed by atoms with Gasteiger partial charge in [-0.25, -0.2) is 13.1 Å². The Labute approximate surface area is 177 Å². The molecule has 0 fully saturated rings. The minimum Gasteiger partial charge on any atom is -0.493 e. The molecule has 2 aromatic carbocycles. The zero-order valence-electron chi connectivity index (χ0n) is 17.3. The molecule has 162 valence electrons. The number of carbonyl (C=O) groups is 2. The monoisotopic (exact) mass is 433 g/mol. The van der Waals surface area contributed by atoms with Crippen LogP contribution >= 0.6 is 0 Å². The second-order valence-corrected chi connectivity index (χ2v) is 8.53. The number of rotatable bonds is 10. The van der Waals surface area contributed by atoms with E-state index < -0.39 is 21.8 Å². The van der Waals surface area contributed by atoms with E-state index in [4.69, 9.17) is 4.74 Å². The van der Waals surface area contributed by atoms with Crippen molar-refractivity contribution in [3.63, 3.8) is 0 Å². The highest BCUT2D eigenvalue weighted by Crippen LogP contribution is 2.17. The maximum absolute atomic E-state index is 12.3. The molecule has 30 heavy (non-hydrogen) atoms. The molecule has 8 nitrogen and oxygen atoms in total. The molecular weight excluding hydrogens is 406 g/mol. The van der Waals surface area contributed by atoms with Gasteiger partial charge in [-0.1, -0.05) is 24.3 Å². The molecule has 0 heterocycles. The average Bonchev–Trinajstić information content (AvgIpc) is 2.70. The van der Waals surface area contributed by atoms with Crippen molar-refractivity contribution in [1.29, 1.82) is 0 Å². The van der Waals surface area contributed by atoms with E-state index in [2.05, 4.69) is 15.4 Å². The number of carbonyl (C=O) groups excluding carboxylic acids is 2. The fourth-order valence-corrected chi connectivity index (χ4v) is 3.98. The number of sulfonamides is 1. The van der Waals surface area contributed by atoms with Crippen molar-refractivity contribution in [2.45, 2.75) is 38.3 Å². The molecule has 2 rings (SSSR count). The van der Waals surface area contributed by atoms with E-state index in [-0.39, 0.29) is 24.0 Å². The van der Waals surface area contributed by atoms with Gasteiger partial charge in [0.2, 0.25) is 15.9 Å². The lowest BCUT2D eigenvalue weighted by Gasteiger charge is -2.12. The van der Waals surface area contributed by atoms with Crippen molar-refractivity contribution in [1.82, 2.24) is 15.4 Å². The third kappa shape index (κ3) is 6.85. The minimum absolute atomic E-state index is 0.129. The van der Waals surface area contributed by atoms with E-state index in [9.17, 15) is 18.0 Å². The van der Waals surface area contributed by atoms with E-state index >= 15 is 0 Å². The van der Waals surface area contributed by atoms with Crippen LogP contribution in [0.5, 0.6) is 5.75 Å². The van der Waals surface area contributed by atoms with Gasteiger partial charge in [0, 0.05) is 12.6 Å². The number of benzene rings is 2. The summed E-state index contributed by atoms with van der Waals surface area (Å²) in [6.07, 6.45) is 0. The number of hydrogen-bond acceptors (Lipinski definition) is 5. The Morgan fingerprint density at radius 1 is 1.03 bits per heavy atom. The molecule has 0 aliphatic carbocycles. The zero-order chi connectivity index (χ0) is 22.1. The predicted octanol–water partition coefficient (Wildman–Crippen LogP) is 1.82. The third-order valence-corrected chi connectivity index (χ3v) is 5.59. The van der Waals surface area contributed by atoms with Gasteiger partial charge in [-0.3, -0.25) is 9.59 Å². The highest BCUT2D eigenvalue weighted by molar-refractivity contribution is 7.89. The van der Waals surface area contributed by atoms with E-state index in [1.165, 1.54) is 12.1 Å². The molecular formula is C21H27N3O5S.